The Hall–Kier alpha value is -2.35. The second-order valence-electron chi connectivity index (χ2n) is 9.61. The fraction of sp³-hybridized carbons (Fsp3) is 0.560. The van der Waals surface area contributed by atoms with Gasteiger partial charge in [0.1, 0.15) is 18.2 Å². The average molecular weight is 436 g/mol. The molecule has 5 heterocycles. The van der Waals surface area contributed by atoms with E-state index in [1.807, 2.05) is 6.20 Å². The molecular formula is C25H33N5O2. The van der Waals surface area contributed by atoms with Crippen molar-refractivity contribution in [2.75, 3.05) is 69.7 Å². The number of hydrogen-bond donors (Lipinski definition) is 1. The summed E-state index contributed by atoms with van der Waals surface area (Å²) >= 11 is 0. The topological polar surface area (TPSA) is 53.1 Å². The van der Waals surface area contributed by atoms with Gasteiger partial charge in [-0.15, -0.1) is 0 Å². The molecule has 0 aliphatic carbocycles. The van der Waals surface area contributed by atoms with Crippen LogP contribution in [0.2, 0.25) is 0 Å². The fourth-order valence-corrected chi connectivity index (χ4v) is 5.62. The molecule has 0 spiro atoms. The number of rotatable bonds is 3. The zero-order valence-electron chi connectivity index (χ0n) is 18.9. The molecule has 0 saturated carbocycles. The SMILES string of the molecule is CN1CC(N2CCC(c3ccc4c(c3)OCc3c(N5CCOCC5)ccnc3N4)CC2)C1. The lowest BCUT2D eigenvalue weighted by molar-refractivity contribution is 0.0363. The minimum absolute atomic E-state index is 0.535. The number of fused-ring (bicyclic) bond motifs is 2. The third kappa shape index (κ3) is 3.83. The first-order valence-electron chi connectivity index (χ1n) is 12.0. The van der Waals surface area contributed by atoms with Crippen LogP contribution in [0.25, 0.3) is 0 Å². The van der Waals surface area contributed by atoms with Gasteiger partial charge >= 0.3 is 0 Å². The summed E-state index contributed by atoms with van der Waals surface area (Å²) in [6.45, 7) is 8.75. The monoisotopic (exact) mass is 435 g/mol. The third-order valence-corrected chi connectivity index (χ3v) is 7.58. The number of nitrogens with one attached hydrogen (secondary N) is 1. The summed E-state index contributed by atoms with van der Waals surface area (Å²) in [5.41, 5.74) is 4.75. The van der Waals surface area contributed by atoms with Crippen LogP contribution >= 0.6 is 0 Å². The highest BCUT2D eigenvalue weighted by Gasteiger charge is 2.32. The van der Waals surface area contributed by atoms with E-state index in [-0.39, 0.29) is 0 Å². The summed E-state index contributed by atoms with van der Waals surface area (Å²) < 4.78 is 11.9. The van der Waals surface area contributed by atoms with Crippen LogP contribution in [0.1, 0.15) is 29.9 Å². The predicted molar refractivity (Wildman–Crippen MR) is 126 cm³/mol. The Kier molecular flexibility index (Phi) is 5.41. The van der Waals surface area contributed by atoms with Crippen LogP contribution in [0.4, 0.5) is 17.2 Å². The molecule has 4 aliphatic heterocycles. The molecule has 1 N–H and O–H groups in total. The minimum Gasteiger partial charge on any atom is -0.486 e. The number of benzene rings is 1. The van der Waals surface area contributed by atoms with Gasteiger partial charge in [-0.2, -0.15) is 0 Å². The highest BCUT2D eigenvalue weighted by atomic mass is 16.5. The van der Waals surface area contributed by atoms with Crippen molar-refractivity contribution in [2.24, 2.45) is 0 Å². The summed E-state index contributed by atoms with van der Waals surface area (Å²) in [4.78, 5) is 12.1. The maximum absolute atomic E-state index is 6.36. The molecule has 170 valence electrons. The summed E-state index contributed by atoms with van der Waals surface area (Å²) in [6, 6.07) is 9.59. The lowest BCUT2D eigenvalue weighted by Crippen LogP contribution is -2.59. The first-order valence-corrected chi connectivity index (χ1v) is 12.0. The number of aromatic nitrogens is 1. The number of likely N-dealkylation sites (N-methyl/N-ethyl adjacent to an activating group) is 1. The first-order chi connectivity index (χ1) is 15.7. The van der Waals surface area contributed by atoms with E-state index in [4.69, 9.17) is 9.47 Å². The second kappa shape index (κ2) is 8.54. The molecule has 32 heavy (non-hydrogen) atoms. The molecule has 0 unspecified atom stereocenters. The molecule has 4 aliphatic rings. The van der Waals surface area contributed by atoms with E-state index < -0.39 is 0 Å². The molecular weight excluding hydrogens is 402 g/mol. The van der Waals surface area contributed by atoms with E-state index in [0.717, 1.165) is 55.2 Å². The van der Waals surface area contributed by atoms with Gasteiger partial charge in [-0.25, -0.2) is 4.98 Å². The number of hydrogen-bond acceptors (Lipinski definition) is 7. The lowest BCUT2D eigenvalue weighted by atomic mass is 9.88. The minimum atomic E-state index is 0.535. The molecule has 0 radical (unpaired) electrons. The van der Waals surface area contributed by atoms with Crippen molar-refractivity contribution in [3.8, 4) is 5.75 Å². The number of morpholine rings is 1. The van der Waals surface area contributed by atoms with E-state index in [2.05, 4.69) is 56.3 Å². The lowest BCUT2D eigenvalue weighted by Gasteiger charge is -2.46. The largest absolute Gasteiger partial charge is 0.486 e. The summed E-state index contributed by atoms with van der Waals surface area (Å²) in [5.74, 6) is 2.46. The Morgan fingerprint density at radius 3 is 2.62 bits per heavy atom. The van der Waals surface area contributed by atoms with Crippen LogP contribution in [0, 0.1) is 0 Å². The van der Waals surface area contributed by atoms with Gasteiger partial charge in [0.2, 0.25) is 0 Å². The van der Waals surface area contributed by atoms with Crippen LogP contribution < -0.4 is 15.0 Å². The number of likely N-dealkylation sites (tertiary alicyclic amines) is 2. The smallest absolute Gasteiger partial charge is 0.143 e. The number of ether oxygens (including phenoxy) is 2. The molecule has 7 heteroatoms. The molecule has 0 bridgehead atoms. The van der Waals surface area contributed by atoms with Gasteiger partial charge in [-0.1, -0.05) is 6.07 Å². The molecule has 7 nitrogen and oxygen atoms in total. The Morgan fingerprint density at radius 2 is 1.84 bits per heavy atom. The van der Waals surface area contributed by atoms with E-state index in [1.54, 1.807) is 0 Å². The number of piperidine rings is 1. The highest BCUT2D eigenvalue weighted by molar-refractivity contribution is 5.73. The normalized spacial score (nSPS) is 22.8. The fourth-order valence-electron chi connectivity index (χ4n) is 5.62. The Balaban J connectivity index is 1.17. The van der Waals surface area contributed by atoms with E-state index in [9.17, 15) is 0 Å². The van der Waals surface area contributed by atoms with Crippen molar-refractivity contribution in [2.45, 2.75) is 31.4 Å². The van der Waals surface area contributed by atoms with Gasteiger partial charge in [0.25, 0.3) is 0 Å². The Bertz CT molecular complexity index is 963. The van der Waals surface area contributed by atoms with Crippen LogP contribution in [-0.4, -0.2) is 80.4 Å². The molecule has 2 aromatic rings. The number of pyridine rings is 1. The van der Waals surface area contributed by atoms with Crippen LogP contribution in [0.3, 0.4) is 0 Å². The van der Waals surface area contributed by atoms with Crippen molar-refractivity contribution in [3.63, 3.8) is 0 Å². The van der Waals surface area contributed by atoms with Crippen LogP contribution in [0.5, 0.6) is 5.75 Å². The van der Waals surface area contributed by atoms with Crippen molar-refractivity contribution in [3.05, 3.63) is 41.6 Å². The third-order valence-electron chi connectivity index (χ3n) is 7.58. The molecule has 6 rings (SSSR count). The Labute approximate surface area is 190 Å². The Morgan fingerprint density at radius 1 is 1.03 bits per heavy atom. The highest BCUT2D eigenvalue weighted by Crippen LogP contribution is 2.40. The van der Waals surface area contributed by atoms with Gasteiger partial charge in [-0.3, -0.25) is 4.90 Å². The average Bonchev–Trinajstić information content (AvgIpc) is 3.01. The van der Waals surface area contributed by atoms with E-state index in [1.165, 1.54) is 50.3 Å². The summed E-state index contributed by atoms with van der Waals surface area (Å²) in [6.07, 6.45) is 4.36. The van der Waals surface area contributed by atoms with Crippen molar-refractivity contribution >= 4 is 17.2 Å². The van der Waals surface area contributed by atoms with Crippen molar-refractivity contribution in [1.82, 2.24) is 14.8 Å². The first kappa shape index (κ1) is 20.3. The van der Waals surface area contributed by atoms with Gasteiger partial charge in [-0.05, 0) is 62.7 Å². The maximum Gasteiger partial charge on any atom is 0.143 e. The van der Waals surface area contributed by atoms with E-state index >= 15 is 0 Å². The summed E-state index contributed by atoms with van der Waals surface area (Å²) in [7, 11) is 2.21. The number of anilines is 3. The van der Waals surface area contributed by atoms with Gasteiger partial charge in [0.05, 0.1) is 24.5 Å². The summed E-state index contributed by atoms with van der Waals surface area (Å²) in [5, 5.41) is 3.55. The maximum atomic E-state index is 6.36. The van der Waals surface area contributed by atoms with E-state index in [0.29, 0.717) is 12.5 Å². The van der Waals surface area contributed by atoms with Gasteiger partial charge in [0.15, 0.2) is 0 Å². The predicted octanol–water partition coefficient (Wildman–Crippen LogP) is 3.05. The molecule has 1 aromatic carbocycles. The molecule has 3 fully saturated rings. The molecule has 0 amide bonds. The zero-order chi connectivity index (χ0) is 21.5. The molecule has 3 saturated heterocycles. The second-order valence-corrected chi connectivity index (χ2v) is 9.61. The number of nitrogens with zero attached hydrogens (tertiary/aromatic N) is 4. The van der Waals surface area contributed by atoms with Crippen molar-refractivity contribution < 1.29 is 9.47 Å². The van der Waals surface area contributed by atoms with Crippen LogP contribution in [-0.2, 0) is 11.3 Å². The standard InChI is InChI=1S/C25H33N5O2/c1-28-15-20(16-28)29-8-5-18(6-9-29)19-2-3-22-24(14-19)32-17-21-23(4-7-26-25(21)27-22)30-10-12-31-13-11-30/h2-4,7,14,18,20H,5-6,8-13,15-17H2,1H3,(H,26,27). The van der Waals surface area contributed by atoms with Crippen LogP contribution in [0.15, 0.2) is 30.5 Å². The van der Waals surface area contributed by atoms with Gasteiger partial charge < -0.3 is 24.6 Å². The van der Waals surface area contributed by atoms with Gasteiger partial charge in [0, 0.05) is 44.1 Å². The van der Waals surface area contributed by atoms with Crippen molar-refractivity contribution in [1.29, 1.82) is 0 Å². The molecule has 0 atom stereocenters. The molecule has 1 aromatic heterocycles. The quantitative estimate of drug-likeness (QED) is 0.795. The zero-order valence-corrected chi connectivity index (χ0v) is 18.9.